The van der Waals surface area contributed by atoms with Crippen molar-refractivity contribution in [3.8, 4) is 5.75 Å². The van der Waals surface area contributed by atoms with Gasteiger partial charge in [0.25, 0.3) is 0 Å². The standard InChI is InChI=1S/C20H25FN2O2/c1-25-19-8-6-18(7-9-19)23-12-10-17(11-13-23)22-14-20(24)15-2-4-16(21)5-3-15/h2-9,17,20,22,24H,10-14H2,1H3/t20-/m0/s1. The average molecular weight is 344 g/mol. The number of nitrogens with one attached hydrogen (secondary N) is 1. The molecule has 0 amide bonds. The Morgan fingerprint density at radius 1 is 1.12 bits per heavy atom. The van der Waals surface area contributed by atoms with Crippen LogP contribution in [0.15, 0.2) is 48.5 Å². The maximum absolute atomic E-state index is 12.9. The van der Waals surface area contributed by atoms with Gasteiger partial charge in [0.15, 0.2) is 0 Å². The smallest absolute Gasteiger partial charge is 0.123 e. The van der Waals surface area contributed by atoms with Crippen molar-refractivity contribution in [2.24, 2.45) is 0 Å². The molecule has 0 bridgehead atoms. The van der Waals surface area contributed by atoms with Gasteiger partial charge in [0.1, 0.15) is 11.6 Å². The van der Waals surface area contributed by atoms with Crippen LogP contribution in [0.4, 0.5) is 10.1 Å². The molecule has 1 saturated heterocycles. The Hall–Kier alpha value is -2.11. The Balaban J connectivity index is 1.45. The lowest BCUT2D eigenvalue weighted by Crippen LogP contribution is -2.43. The number of rotatable bonds is 6. The zero-order valence-electron chi connectivity index (χ0n) is 14.5. The lowest BCUT2D eigenvalue weighted by molar-refractivity contribution is 0.167. The van der Waals surface area contributed by atoms with E-state index < -0.39 is 6.10 Å². The Labute approximate surface area is 148 Å². The molecular formula is C20H25FN2O2. The van der Waals surface area contributed by atoms with Crippen molar-refractivity contribution in [3.05, 3.63) is 59.9 Å². The van der Waals surface area contributed by atoms with E-state index in [0.717, 1.165) is 37.2 Å². The van der Waals surface area contributed by atoms with E-state index in [0.29, 0.717) is 12.6 Å². The summed E-state index contributed by atoms with van der Waals surface area (Å²) in [5, 5.41) is 13.6. The molecule has 3 rings (SSSR count). The first-order valence-electron chi connectivity index (χ1n) is 8.71. The fourth-order valence-corrected chi connectivity index (χ4v) is 3.22. The monoisotopic (exact) mass is 344 g/mol. The molecule has 2 aromatic rings. The molecule has 5 heteroatoms. The highest BCUT2D eigenvalue weighted by atomic mass is 19.1. The van der Waals surface area contributed by atoms with Gasteiger partial charge in [0, 0.05) is 31.4 Å². The van der Waals surface area contributed by atoms with E-state index in [1.165, 1.54) is 17.8 Å². The number of anilines is 1. The first kappa shape index (κ1) is 17.7. The number of halogens is 1. The summed E-state index contributed by atoms with van der Waals surface area (Å²) >= 11 is 0. The molecule has 1 aliphatic heterocycles. The molecule has 2 N–H and O–H groups in total. The van der Waals surface area contributed by atoms with E-state index >= 15 is 0 Å². The highest BCUT2D eigenvalue weighted by Crippen LogP contribution is 2.23. The number of benzene rings is 2. The molecule has 134 valence electrons. The zero-order chi connectivity index (χ0) is 17.6. The molecule has 1 heterocycles. The molecule has 0 radical (unpaired) electrons. The maximum atomic E-state index is 12.9. The summed E-state index contributed by atoms with van der Waals surface area (Å²) in [6.45, 7) is 2.45. The van der Waals surface area contributed by atoms with Crippen molar-refractivity contribution in [1.82, 2.24) is 5.32 Å². The topological polar surface area (TPSA) is 44.7 Å². The molecule has 1 atom stereocenters. The minimum absolute atomic E-state index is 0.283. The van der Waals surface area contributed by atoms with Crippen molar-refractivity contribution in [1.29, 1.82) is 0 Å². The van der Waals surface area contributed by atoms with E-state index in [-0.39, 0.29) is 5.82 Å². The lowest BCUT2D eigenvalue weighted by atomic mass is 10.0. The van der Waals surface area contributed by atoms with Crippen LogP contribution in [0.1, 0.15) is 24.5 Å². The molecule has 4 nitrogen and oxygen atoms in total. The normalized spacial score (nSPS) is 16.7. The van der Waals surface area contributed by atoms with Crippen LogP contribution < -0.4 is 15.0 Å². The van der Waals surface area contributed by atoms with Crippen molar-refractivity contribution in [3.63, 3.8) is 0 Å². The Morgan fingerprint density at radius 3 is 2.36 bits per heavy atom. The minimum atomic E-state index is -0.611. The maximum Gasteiger partial charge on any atom is 0.123 e. The van der Waals surface area contributed by atoms with E-state index in [1.54, 1.807) is 19.2 Å². The SMILES string of the molecule is COc1ccc(N2CCC(NC[C@H](O)c3ccc(F)cc3)CC2)cc1. The van der Waals surface area contributed by atoms with Crippen molar-refractivity contribution in [2.75, 3.05) is 31.6 Å². The number of aliphatic hydroxyl groups excluding tert-OH is 1. The van der Waals surface area contributed by atoms with Crippen LogP contribution in [-0.2, 0) is 0 Å². The van der Waals surface area contributed by atoms with Gasteiger partial charge in [-0.25, -0.2) is 4.39 Å². The molecule has 0 aliphatic carbocycles. The third-order valence-electron chi connectivity index (χ3n) is 4.79. The molecule has 0 saturated carbocycles. The highest BCUT2D eigenvalue weighted by Gasteiger charge is 2.20. The third-order valence-corrected chi connectivity index (χ3v) is 4.79. The quantitative estimate of drug-likeness (QED) is 0.845. The van der Waals surface area contributed by atoms with E-state index in [1.807, 2.05) is 12.1 Å². The van der Waals surface area contributed by atoms with E-state index in [4.69, 9.17) is 4.74 Å². The third kappa shape index (κ3) is 4.71. The summed E-state index contributed by atoms with van der Waals surface area (Å²) in [5.41, 5.74) is 1.95. The van der Waals surface area contributed by atoms with Crippen molar-refractivity contribution in [2.45, 2.75) is 25.0 Å². The molecule has 1 fully saturated rings. The van der Waals surface area contributed by atoms with Crippen LogP contribution >= 0.6 is 0 Å². The summed E-state index contributed by atoms with van der Waals surface area (Å²) in [6, 6.07) is 14.6. The number of hydrogen-bond acceptors (Lipinski definition) is 4. The summed E-state index contributed by atoms with van der Waals surface area (Å²) in [4.78, 5) is 2.37. The van der Waals surface area contributed by atoms with Gasteiger partial charge in [-0.3, -0.25) is 0 Å². The lowest BCUT2D eigenvalue weighted by Gasteiger charge is -2.34. The van der Waals surface area contributed by atoms with Crippen LogP contribution in [0.3, 0.4) is 0 Å². The van der Waals surface area contributed by atoms with Gasteiger partial charge in [-0.1, -0.05) is 12.1 Å². The second kappa shape index (κ2) is 8.32. The molecular weight excluding hydrogens is 319 g/mol. The van der Waals surface area contributed by atoms with Gasteiger partial charge < -0.3 is 20.1 Å². The molecule has 25 heavy (non-hydrogen) atoms. The molecule has 0 spiro atoms. The molecule has 2 aromatic carbocycles. The van der Waals surface area contributed by atoms with Crippen LogP contribution in [0.5, 0.6) is 5.75 Å². The number of aliphatic hydroxyl groups is 1. The second-order valence-corrected chi connectivity index (χ2v) is 6.43. The van der Waals surface area contributed by atoms with Gasteiger partial charge in [0.05, 0.1) is 13.2 Å². The molecule has 0 aromatic heterocycles. The first-order chi connectivity index (χ1) is 12.2. The van der Waals surface area contributed by atoms with Crippen LogP contribution in [0, 0.1) is 5.82 Å². The van der Waals surface area contributed by atoms with E-state index in [9.17, 15) is 9.50 Å². The number of nitrogens with zero attached hydrogens (tertiary/aromatic N) is 1. The van der Waals surface area contributed by atoms with Gasteiger partial charge in [-0.05, 0) is 54.8 Å². The minimum Gasteiger partial charge on any atom is -0.497 e. The van der Waals surface area contributed by atoms with Gasteiger partial charge in [0.2, 0.25) is 0 Å². The first-order valence-corrected chi connectivity index (χ1v) is 8.71. The van der Waals surface area contributed by atoms with Gasteiger partial charge in [-0.2, -0.15) is 0 Å². The molecule has 0 unspecified atom stereocenters. The highest BCUT2D eigenvalue weighted by molar-refractivity contribution is 5.49. The van der Waals surface area contributed by atoms with Crippen LogP contribution in [0.2, 0.25) is 0 Å². The fourth-order valence-electron chi connectivity index (χ4n) is 3.22. The zero-order valence-corrected chi connectivity index (χ0v) is 14.5. The Bertz CT molecular complexity index is 652. The summed E-state index contributed by atoms with van der Waals surface area (Å²) in [5.74, 6) is 0.588. The van der Waals surface area contributed by atoms with Crippen LogP contribution in [-0.4, -0.2) is 37.9 Å². The summed E-state index contributed by atoms with van der Waals surface area (Å²) in [7, 11) is 1.67. The average Bonchev–Trinajstić information content (AvgIpc) is 2.67. The summed E-state index contributed by atoms with van der Waals surface area (Å²) in [6.07, 6.45) is 1.45. The number of ether oxygens (including phenoxy) is 1. The number of piperidine rings is 1. The van der Waals surface area contributed by atoms with Crippen LogP contribution in [0.25, 0.3) is 0 Å². The predicted octanol–water partition coefficient (Wildman–Crippen LogP) is 3.13. The van der Waals surface area contributed by atoms with Gasteiger partial charge in [-0.15, -0.1) is 0 Å². The largest absolute Gasteiger partial charge is 0.497 e. The van der Waals surface area contributed by atoms with Gasteiger partial charge >= 0.3 is 0 Å². The second-order valence-electron chi connectivity index (χ2n) is 6.43. The van der Waals surface area contributed by atoms with E-state index in [2.05, 4.69) is 22.3 Å². The number of methoxy groups -OCH3 is 1. The predicted molar refractivity (Wildman–Crippen MR) is 97.6 cm³/mol. The Morgan fingerprint density at radius 2 is 1.76 bits per heavy atom. The molecule has 1 aliphatic rings. The van der Waals surface area contributed by atoms with Crippen molar-refractivity contribution < 1.29 is 14.2 Å². The summed E-state index contributed by atoms with van der Waals surface area (Å²) < 4.78 is 18.1. The van der Waals surface area contributed by atoms with Crippen molar-refractivity contribution >= 4 is 5.69 Å². The number of hydrogen-bond donors (Lipinski definition) is 2. The fraction of sp³-hybridized carbons (Fsp3) is 0.400. The Kier molecular flexibility index (Phi) is 5.89.